The van der Waals surface area contributed by atoms with E-state index >= 15 is 0 Å². The summed E-state index contributed by atoms with van der Waals surface area (Å²) in [6.07, 6.45) is 9.50. The van der Waals surface area contributed by atoms with E-state index in [4.69, 9.17) is 9.47 Å². The highest BCUT2D eigenvalue weighted by molar-refractivity contribution is 5.49. The lowest BCUT2D eigenvalue weighted by Crippen LogP contribution is -2.31. The standard InChI is InChI=1S/C32H39N2O2/c1-6-29-21-30(36-22-28-12-8-7-9-13-28)20-27(5)32(29)35-17-11-10-14-33-15-16-34(23-33)31-25(3)18-24(2)19-26(31)4/h7-9,12-13,15-16,18-21,23H,6,10-11,14,17,22H2,1-5H3/q+1. The molecule has 3 aromatic carbocycles. The summed E-state index contributed by atoms with van der Waals surface area (Å²) in [5, 5.41) is 0. The van der Waals surface area contributed by atoms with E-state index in [1.807, 2.05) is 18.2 Å². The van der Waals surface area contributed by atoms with Crippen molar-refractivity contribution in [1.29, 1.82) is 0 Å². The molecule has 4 nitrogen and oxygen atoms in total. The Morgan fingerprint density at radius 3 is 2.31 bits per heavy atom. The van der Waals surface area contributed by atoms with Crippen molar-refractivity contribution >= 4 is 0 Å². The predicted molar refractivity (Wildman–Crippen MR) is 146 cm³/mol. The fourth-order valence-corrected chi connectivity index (χ4v) is 4.91. The van der Waals surface area contributed by atoms with E-state index in [0.29, 0.717) is 6.61 Å². The number of aromatic nitrogens is 2. The number of unbranched alkanes of at least 4 members (excludes halogenated alkanes) is 1. The molecule has 0 radical (unpaired) electrons. The van der Waals surface area contributed by atoms with Gasteiger partial charge in [-0.2, -0.15) is 0 Å². The molecule has 0 aliphatic carbocycles. The van der Waals surface area contributed by atoms with Gasteiger partial charge in [-0.15, -0.1) is 0 Å². The van der Waals surface area contributed by atoms with Crippen molar-refractivity contribution < 1.29 is 14.0 Å². The molecule has 4 aromatic rings. The van der Waals surface area contributed by atoms with Gasteiger partial charge in [-0.3, -0.25) is 0 Å². The summed E-state index contributed by atoms with van der Waals surface area (Å²) in [5.74, 6) is 1.91. The van der Waals surface area contributed by atoms with Crippen LogP contribution in [-0.4, -0.2) is 11.2 Å². The molecule has 188 valence electrons. The molecule has 0 saturated carbocycles. The molecule has 4 rings (SSSR count). The van der Waals surface area contributed by atoms with Crippen LogP contribution in [0.15, 0.2) is 73.3 Å². The molecule has 0 bridgehead atoms. The molecule has 0 amide bonds. The number of hydrogen-bond donors (Lipinski definition) is 0. The summed E-state index contributed by atoms with van der Waals surface area (Å²) < 4.78 is 16.8. The van der Waals surface area contributed by atoms with E-state index in [1.165, 1.54) is 33.5 Å². The fourth-order valence-electron chi connectivity index (χ4n) is 4.91. The Morgan fingerprint density at radius 1 is 0.833 bits per heavy atom. The van der Waals surface area contributed by atoms with Crippen molar-refractivity contribution in [3.63, 3.8) is 0 Å². The van der Waals surface area contributed by atoms with Gasteiger partial charge in [0.05, 0.1) is 13.2 Å². The first-order chi connectivity index (χ1) is 17.4. The molecule has 36 heavy (non-hydrogen) atoms. The number of hydrogen-bond acceptors (Lipinski definition) is 2. The van der Waals surface area contributed by atoms with E-state index in [2.05, 4.69) is 98.9 Å². The van der Waals surface area contributed by atoms with Crippen LogP contribution in [0.2, 0.25) is 0 Å². The molecule has 0 saturated heterocycles. The lowest BCUT2D eigenvalue weighted by atomic mass is 10.1. The highest BCUT2D eigenvalue weighted by Crippen LogP contribution is 2.30. The summed E-state index contributed by atoms with van der Waals surface area (Å²) in [6.45, 7) is 13.1. The Kier molecular flexibility index (Phi) is 8.48. The Labute approximate surface area is 216 Å². The molecule has 0 N–H and O–H groups in total. The molecule has 1 heterocycles. The first-order valence-corrected chi connectivity index (χ1v) is 13.0. The number of ether oxygens (including phenoxy) is 2. The van der Waals surface area contributed by atoms with Crippen LogP contribution in [0.25, 0.3) is 5.69 Å². The summed E-state index contributed by atoms with van der Waals surface area (Å²) >= 11 is 0. The Morgan fingerprint density at radius 2 is 1.58 bits per heavy atom. The van der Waals surface area contributed by atoms with Crippen LogP contribution in [0.3, 0.4) is 0 Å². The van der Waals surface area contributed by atoms with Crippen molar-refractivity contribution in [2.24, 2.45) is 0 Å². The van der Waals surface area contributed by atoms with Gasteiger partial charge in [-0.05, 0) is 86.9 Å². The molecule has 0 aliphatic rings. The van der Waals surface area contributed by atoms with E-state index in [-0.39, 0.29) is 0 Å². The third-order valence-electron chi connectivity index (χ3n) is 6.60. The molecule has 0 spiro atoms. The third kappa shape index (κ3) is 6.37. The van der Waals surface area contributed by atoms with E-state index in [9.17, 15) is 0 Å². The van der Waals surface area contributed by atoms with Gasteiger partial charge in [0.1, 0.15) is 36.2 Å². The second-order valence-corrected chi connectivity index (χ2v) is 9.72. The van der Waals surface area contributed by atoms with Crippen LogP contribution < -0.4 is 14.0 Å². The van der Waals surface area contributed by atoms with Gasteiger partial charge in [0.25, 0.3) is 0 Å². The second-order valence-electron chi connectivity index (χ2n) is 9.72. The maximum absolute atomic E-state index is 6.26. The van der Waals surface area contributed by atoms with Crippen molar-refractivity contribution in [3.8, 4) is 17.2 Å². The largest absolute Gasteiger partial charge is 0.493 e. The van der Waals surface area contributed by atoms with Crippen LogP contribution in [0.1, 0.15) is 53.1 Å². The SMILES string of the molecule is CCc1cc(OCc2ccccc2)cc(C)c1OCCCC[n+]1ccn(-c2c(C)cc(C)cc2C)c1. The molecule has 4 heteroatoms. The minimum absolute atomic E-state index is 0.575. The average molecular weight is 484 g/mol. The minimum atomic E-state index is 0.575. The second kappa shape index (κ2) is 11.9. The highest BCUT2D eigenvalue weighted by atomic mass is 16.5. The van der Waals surface area contributed by atoms with Crippen molar-refractivity contribution in [1.82, 2.24) is 4.57 Å². The number of rotatable bonds is 11. The van der Waals surface area contributed by atoms with Gasteiger partial charge in [-0.1, -0.05) is 55.0 Å². The lowest BCUT2D eigenvalue weighted by Gasteiger charge is -2.16. The highest BCUT2D eigenvalue weighted by Gasteiger charge is 2.13. The number of benzene rings is 3. The van der Waals surface area contributed by atoms with Gasteiger partial charge >= 0.3 is 0 Å². The third-order valence-corrected chi connectivity index (χ3v) is 6.60. The van der Waals surface area contributed by atoms with Crippen LogP contribution >= 0.6 is 0 Å². The number of imidazole rings is 1. The first kappa shape index (κ1) is 25.6. The molecule has 0 unspecified atom stereocenters. The summed E-state index contributed by atoms with van der Waals surface area (Å²) in [4.78, 5) is 0. The average Bonchev–Trinajstić information content (AvgIpc) is 3.31. The van der Waals surface area contributed by atoms with Crippen molar-refractivity contribution in [2.75, 3.05) is 6.61 Å². The van der Waals surface area contributed by atoms with Crippen molar-refractivity contribution in [2.45, 2.75) is 67.0 Å². The van der Waals surface area contributed by atoms with E-state index in [1.54, 1.807) is 0 Å². The van der Waals surface area contributed by atoms with Gasteiger partial charge in [0, 0.05) is 0 Å². The maximum atomic E-state index is 6.26. The van der Waals surface area contributed by atoms with Crippen LogP contribution in [0.5, 0.6) is 11.5 Å². The Balaban J connectivity index is 1.28. The monoisotopic (exact) mass is 483 g/mol. The van der Waals surface area contributed by atoms with E-state index < -0.39 is 0 Å². The topological polar surface area (TPSA) is 27.3 Å². The summed E-state index contributed by atoms with van der Waals surface area (Å²) in [5.41, 5.74) is 8.71. The quantitative estimate of drug-likeness (QED) is 0.170. The lowest BCUT2D eigenvalue weighted by molar-refractivity contribution is -0.696. The zero-order chi connectivity index (χ0) is 25.5. The zero-order valence-corrected chi connectivity index (χ0v) is 22.4. The van der Waals surface area contributed by atoms with E-state index in [0.717, 1.165) is 49.5 Å². The normalized spacial score (nSPS) is 11.0. The molecule has 0 atom stereocenters. The first-order valence-electron chi connectivity index (χ1n) is 13.0. The van der Waals surface area contributed by atoms with Gasteiger partial charge in [0.15, 0.2) is 0 Å². The predicted octanol–water partition coefficient (Wildman–Crippen LogP) is 7.00. The molecule has 0 aliphatic heterocycles. The Bertz CT molecular complexity index is 1270. The van der Waals surface area contributed by atoms with Crippen LogP contribution in [0, 0.1) is 27.7 Å². The maximum Gasteiger partial charge on any atom is 0.248 e. The van der Waals surface area contributed by atoms with Crippen molar-refractivity contribution in [3.05, 3.63) is 107 Å². The van der Waals surface area contributed by atoms with Gasteiger partial charge in [0.2, 0.25) is 6.33 Å². The summed E-state index contributed by atoms with van der Waals surface area (Å²) in [6, 6.07) is 19.0. The Hall–Kier alpha value is -3.53. The number of nitrogens with zero attached hydrogens (tertiary/aromatic N) is 2. The summed E-state index contributed by atoms with van der Waals surface area (Å²) in [7, 11) is 0. The smallest absolute Gasteiger partial charge is 0.248 e. The van der Waals surface area contributed by atoms with Crippen LogP contribution in [0.4, 0.5) is 0 Å². The fraction of sp³-hybridized carbons (Fsp3) is 0.344. The molecular weight excluding hydrogens is 444 g/mol. The van der Waals surface area contributed by atoms with Gasteiger partial charge < -0.3 is 9.47 Å². The molecule has 1 aromatic heterocycles. The molecule has 0 fully saturated rings. The minimum Gasteiger partial charge on any atom is -0.493 e. The zero-order valence-electron chi connectivity index (χ0n) is 22.4. The van der Waals surface area contributed by atoms with Crippen LogP contribution in [-0.2, 0) is 19.6 Å². The molecular formula is C32H39N2O2+. The van der Waals surface area contributed by atoms with Gasteiger partial charge in [-0.25, -0.2) is 9.13 Å². The number of aryl methyl sites for hydroxylation is 6.